The van der Waals surface area contributed by atoms with Gasteiger partial charge in [-0.15, -0.1) is 0 Å². The minimum absolute atomic E-state index is 0.267. The van der Waals surface area contributed by atoms with Crippen molar-refractivity contribution in [2.45, 2.75) is 37.7 Å². The normalized spacial score (nSPS) is 17.2. The third-order valence-corrected chi connectivity index (χ3v) is 6.03. The predicted molar refractivity (Wildman–Crippen MR) is 117 cm³/mol. The number of fused-ring (bicyclic) bond motifs is 1. The van der Waals surface area contributed by atoms with Gasteiger partial charge in [-0.3, -0.25) is 0 Å². The van der Waals surface area contributed by atoms with E-state index < -0.39 is 0 Å². The first-order valence-corrected chi connectivity index (χ1v) is 10.6. The Balaban J connectivity index is 1.39. The number of hydrogen-bond donors (Lipinski definition) is 1. The zero-order chi connectivity index (χ0) is 21.4. The molecule has 1 saturated carbocycles. The molecule has 5 rings (SSSR count). The highest BCUT2D eigenvalue weighted by atomic mass is 19.1. The van der Waals surface area contributed by atoms with Crippen LogP contribution in [0.4, 0.5) is 4.39 Å². The molecule has 1 fully saturated rings. The van der Waals surface area contributed by atoms with Crippen LogP contribution in [0.3, 0.4) is 0 Å². The molecule has 31 heavy (non-hydrogen) atoms. The number of ether oxygens (including phenoxy) is 3. The fraction of sp³-hybridized carbons (Fsp3) is 0.269. The van der Waals surface area contributed by atoms with E-state index in [1.54, 1.807) is 31.4 Å². The van der Waals surface area contributed by atoms with Crippen LogP contribution >= 0.6 is 0 Å². The molecule has 0 amide bonds. The number of hydrogen-bond acceptors (Lipinski definition) is 4. The second kappa shape index (κ2) is 8.06. The molecule has 1 unspecified atom stereocenters. The van der Waals surface area contributed by atoms with Gasteiger partial charge in [-0.05, 0) is 73.6 Å². The molecule has 5 heteroatoms. The van der Waals surface area contributed by atoms with Crippen LogP contribution in [0.25, 0.3) is 0 Å². The van der Waals surface area contributed by atoms with Crippen molar-refractivity contribution in [3.8, 4) is 23.0 Å². The van der Waals surface area contributed by atoms with Gasteiger partial charge in [0.05, 0.1) is 7.11 Å². The van der Waals surface area contributed by atoms with Crippen LogP contribution in [-0.2, 0) is 6.42 Å². The zero-order valence-corrected chi connectivity index (χ0v) is 17.4. The van der Waals surface area contributed by atoms with E-state index in [1.165, 1.54) is 30.7 Å². The van der Waals surface area contributed by atoms with Gasteiger partial charge in [-0.2, -0.15) is 0 Å². The van der Waals surface area contributed by atoms with Gasteiger partial charge in [0, 0.05) is 29.0 Å². The minimum Gasteiger partial charge on any atom is -0.496 e. The first-order chi connectivity index (χ1) is 15.2. The predicted octanol–water partition coefficient (Wildman–Crippen LogP) is 6.57. The zero-order valence-electron chi connectivity index (χ0n) is 17.4. The molecule has 0 heterocycles. The van der Waals surface area contributed by atoms with Gasteiger partial charge in [-0.1, -0.05) is 12.1 Å². The lowest BCUT2D eigenvalue weighted by atomic mass is 10.1. The summed E-state index contributed by atoms with van der Waals surface area (Å²) < 4.78 is 32.4. The fourth-order valence-electron chi connectivity index (χ4n) is 4.26. The maximum absolute atomic E-state index is 14.8. The van der Waals surface area contributed by atoms with Crippen LogP contribution in [0, 0.1) is 11.2 Å². The highest BCUT2D eigenvalue weighted by molar-refractivity contribution is 5.81. The van der Waals surface area contributed by atoms with E-state index in [0.717, 1.165) is 11.3 Å². The molecule has 2 aliphatic rings. The van der Waals surface area contributed by atoms with Gasteiger partial charge in [-0.25, -0.2) is 4.39 Å². The van der Waals surface area contributed by atoms with Gasteiger partial charge in [0.25, 0.3) is 0 Å². The Morgan fingerprint density at radius 3 is 2.42 bits per heavy atom. The summed E-state index contributed by atoms with van der Waals surface area (Å²) in [5.41, 5.74) is 3.44. The largest absolute Gasteiger partial charge is 0.496 e. The van der Waals surface area contributed by atoms with Crippen molar-refractivity contribution < 1.29 is 18.6 Å². The average molecular weight is 417 g/mol. The molecule has 0 saturated heterocycles. The average Bonchev–Trinajstić information content (AvgIpc) is 3.56. The maximum Gasteiger partial charge on any atom is 0.131 e. The molecule has 0 spiro atoms. The number of methoxy groups -OCH3 is 1. The van der Waals surface area contributed by atoms with E-state index in [9.17, 15) is 4.39 Å². The van der Waals surface area contributed by atoms with Gasteiger partial charge >= 0.3 is 0 Å². The second-order valence-corrected chi connectivity index (χ2v) is 8.08. The summed E-state index contributed by atoms with van der Waals surface area (Å²) in [7, 11) is 1.56. The Labute approximate surface area is 181 Å². The molecule has 4 nitrogen and oxygen atoms in total. The fourth-order valence-corrected chi connectivity index (χ4v) is 4.26. The van der Waals surface area contributed by atoms with Crippen molar-refractivity contribution in [2.24, 2.45) is 0 Å². The summed E-state index contributed by atoms with van der Waals surface area (Å²) >= 11 is 0. The highest BCUT2D eigenvalue weighted by Gasteiger charge is 2.31. The van der Waals surface area contributed by atoms with E-state index in [4.69, 9.17) is 19.6 Å². The van der Waals surface area contributed by atoms with Gasteiger partial charge in [0.15, 0.2) is 0 Å². The molecule has 3 aromatic carbocycles. The SMILES string of the molecule is COc1cc(Oc2ccc(F)c3c2CCC3Oc2ccc(C3CC3)cc2)ccc1C=N. The monoisotopic (exact) mass is 417 g/mol. The molecule has 0 aromatic heterocycles. The molecule has 3 aromatic rings. The number of nitrogens with one attached hydrogen (secondary N) is 1. The smallest absolute Gasteiger partial charge is 0.131 e. The Morgan fingerprint density at radius 1 is 0.935 bits per heavy atom. The second-order valence-electron chi connectivity index (χ2n) is 8.08. The van der Waals surface area contributed by atoms with Crippen molar-refractivity contribution in [2.75, 3.05) is 7.11 Å². The first kappa shape index (κ1) is 19.6. The molecule has 1 atom stereocenters. The van der Waals surface area contributed by atoms with Gasteiger partial charge < -0.3 is 19.6 Å². The molecule has 2 aliphatic carbocycles. The van der Waals surface area contributed by atoms with E-state index in [-0.39, 0.29) is 11.9 Å². The Kier molecular flexibility index (Phi) is 5.10. The summed E-state index contributed by atoms with van der Waals surface area (Å²) in [6.45, 7) is 0. The standard InChI is InChI=1S/C26H24FNO3/c1-29-25-14-20(9-6-18(25)15-28)31-23-13-11-22(27)26-21(23)10-12-24(26)30-19-7-4-17(5-8-19)16-2-3-16/h4-9,11,13-16,24,28H,2-3,10,12H2,1H3. The Bertz CT molecular complexity index is 1120. The number of rotatable bonds is 7. The molecule has 158 valence electrons. The van der Waals surface area contributed by atoms with E-state index in [0.29, 0.717) is 47.1 Å². The van der Waals surface area contributed by atoms with E-state index in [2.05, 4.69) is 12.1 Å². The van der Waals surface area contributed by atoms with Crippen molar-refractivity contribution in [3.05, 3.63) is 82.7 Å². The van der Waals surface area contributed by atoms with Crippen molar-refractivity contribution in [1.82, 2.24) is 0 Å². The summed E-state index contributed by atoms with van der Waals surface area (Å²) in [6, 6.07) is 16.6. The van der Waals surface area contributed by atoms with Crippen LogP contribution in [0.2, 0.25) is 0 Å². The molecule has 1 N–H and O–H groups in total. The Morgan fingerprint density at radius 2 is 1.71 bits per heavy atom. The molecule has 0 radical (unpaired) electrons. The number of halogens is 1. The van der Waals surface area contributed by atoms with Crippen LogP contribution in [0.1, 0.15) is 53.5 Å². The number of benzene rings is 3. The molecular formula is C26H24FNO3. The summed E-state index contributed by atoms with van der Waals surface area (Å²) in [5, 5.41) is 7.45. The third kappa shape index (κ3) is 3.88. The quantitative estimate of drug-likeness (QED) is 0.443. The topological polar surface area (TPSA) is 51.5 Å². The lowest BCUT2D eigenvalue weighted by molar-refractivity contribution is 0.203. The summed E-state index contributed by atoms with van der Waals surface area (Å²) in [5.74, 6) is 2.95. The van der Waals surface area contributed by atoms with Crippen LogP contribution < -0.4 is 14.2 Å². The summed E-state index contributed by atoms with van der Waals surface area (Å²) in [4.78, 5) is 0. The third-order valence-electron chi connectivity index (χ3n) is 6.03. The Hall–Kier alpha value is -3.34. The minimum atomic E-state index is -0.333. The van der Waals surface area contributed by atoms with Crippen molar-refractivity contribution in [3.63, 3.8) is 0 Å². The van der Waals surface area contributed by atoms with Crippen LogP contribution in [0.15, 0.2) is 54.6 Å². The van der Waals surface area contributed by atoms with Crippen LogP contribution in [0.5, 0.6) is 23.0 Å². The van der Waals surface area contributed by atoms with Crippen LogP contribution in [-0.4, -0.2) is 13.3 Å². The van der Waals surface area contributed by atoms with Gasteiger partial charge in [0.1, 0.15) is 34.9 Å². The van der Waals surface area contributed by atoms with E-state index in [1.807, 2.05) is 12.1 Å². The maximum atomic E-state index is 14.8. The summed E-state index contributed by atoms with van der Waals surface area (Å²) in [6.07, 6.45) is 4.81. The van der Waals surface area contributed by atoms with E-state index >= 15 is 0 Å². The first-order valence-electron chi connectivity index (χ1n) is 10.6. The van der Waals surface area contributed by atoms with Crippen molar-refractivity contribution in [1.29, 1.82) is 5.41 Å². The lowest BCUT2D eigenvalue weighted by Crippen LogP contribution is -2.06. The van der Waals surface area contributed by atoms with Gasteiger partial charge in [0.2, 0.25) is 0 Å². The molecule has 0 aliphatic heterocycles. The molecule has 0 bridgehead atoms. The van der Waals surface area contributed by atoms with Crippen molar-refractivity contribution >= 4 is 6.21 Å². The molecular weight excluding hydrogens is 393 g/mol. The lowest BCUT2D eigenvalue weighted by Gasteiger charge is -2.17. The highest BCUT2D eigenvalue weighted by Crippen LogP contribution is 2.44.